The third-order valence-electron chi connectivity index (χ3n) is 2.17. The minimum absolute atomic E-state index is 0.375. The van der Waals surface area contributed by atoms with E-state index < -0.39 is 5.97 Å². The van der Waals surface area contributed by atoms with Gasteiger partial charge in [0.1, 0.15) is 0 Å². The van der Waals surface area contributed by atoms with Gasteiger partial charge in [0.2, 0.25) is 0 Å². The Morgan fingerprint density at radius 2 is 1.19 bits per heavy atom. The maximum atomic E-state index is 10.7. The number of carboxylic acid groups (broad SMARTS) is 1. The van der Waals surface area contributed by atoms with Crippen LogP contribution in [0.2, 0.25) is 0 Å². The molecule has 0 fully saturated rings. The number of carboxylic acids is 1. The second-order valence-electron chi connectivity index (χ2n) is 3.56. The summed E-state index contributed by atoms with van der Waals surface area (Å²) in [5.41, 5.74) is 0.375. The Bertz CT molecular complexity index is 652. The van der Waals surface area contributed by atoms with E-state index in [0.29, 0.717) is 5.56 Å². The number of hydrogen-bond acceptors (Lipinski definition) is 1. The van der Waals surface area contributed by atoms with Crippen molar-refractivity contribution in [2.24, 2.45) is 0 Å². The Morgan fingerprint density at radius 3 is 1.62 bits per heavy atom. The summed E-state index contributed by atoms with van der Waals surface area (Å²) in [5.74, 6) is -0.867. The third-order valence-corrected chi connectivity index (χ3v) is 12.4. The quantitative estimate of drug-likeness (QED) is 0.256. The molecule has 1 N–H and O–H groups in total. The fourth-order valence-electron chi connectivity index (χ4n) is 1.17. The first-order valence-corrected chi connectivity index (χ1v) is 11.7. The van der Waals surface area contributed by atoms with Crippen molar-refractivity contribution in [1.29, 1.82) is 0 Å². The van der Waals surface area contributed by atoms with Gasteiger partial charge < -0.3 is 5.11 Å². The van der Waals surface area contributed by atoms with Crippen LogP contribution in [-0.4, -0.2) is 11.1 Å². The maximum Gasteiger partial charge on any atom is 0.336 e. The summed E-state index contributed by atoms with van der Waals surface area (Å²) in [6.45, 7) is 0. The fourth-order valence-corrected chi connectivity index (χ4v) is 5.18. The fraction of sp³-hybridized carbons (Fsp3) is 0. The van der Waals surface area contributed by atoms with Crippen molar-refractivity contribution in [1.82, 2.24) is 0 Å². The number of rotatable bonds is 1. The molecule has 0 amide bonds. The van der Waals surface area contributed by atoms with Crippen LogP contribution in [0.15, 0.2) is 30.3 Å². The lowest BCUT2D eigenvalue weighted by Crippen LogP contribution is -2.02. The van der Waals surface area contributed by atoms with Crippen LogP contribution in [0, 0.1) is 21.4 Å². The van der Waals surface area contributed by atoms with Gasteiger partial charge in [0, 0.05) is 21.4 Å². The summed E-state index contributed by atoms with van der Waals surface area (Å²) in [6.07, 6.45) is 0. The largest absolute Gasteiger partial charge is 0.478 e. The Balaban J connectivity index is 0.000000219. The molecule has 2 aromatic carbocycles. The smallest absolute Gasteiger partial charge is 0.336 e. The van der Waals surface area contributed by atoms with Crippen LogP contribution < -0.4 is 0 Å². The minimum Gasteiger partial charge on any atom is -0.478 e. The average Bonchev–Trinajstić information content (AvgIpc) is 2.42. The van der Waals surface area contributed by atoms with E-state index in [1.807, 2.05) is 6.07 Å². The van der Waals surface area contributed by atoms with E-state index in [1.54, 1.807) is 6.07 Å². The molecule has 112 valence electrons. The van der Waals surface area contributed by atoms with E-state index in [-0.39, 0.29) is 0 Å². The van der Waals surface area contributed by atoms with Crippen LogP contribution in [0.25, 0.3) is 0 Å². The third kappa shape index (κ3) is 6.60. The second-order valence-corrected chi connectivity index (χ2v) is 10.3. The first-order valence-electron chi connectivity index (χ1n) is 5.22. The molecule has 2 rings (SSSR count). The molecule has 0 aromatic heterocycles. The lowest BCUT2D eigenvalue weighted by atomic mass is 10.2. The molecule has 0 aliphatic carbocycles. The van der Waals surface area contributed by atoms with E-state index in [9.17, 15) is 4.79 Å². The number of aromatic carboxylic acids is 1. The summed E-state index contributed by atoms with van der Waals surface area (Å²) in [6, 6.07) is 9.75. The van der Waals surface area contributed by atoms with E-state index in [2.05, 4.69) is 154 Å². The summed E-state index contributed by atoms with van der Waals surface area (Å²) in [5, 5.41) is 8.77. The van der Waals surface area contributed by atoms with Gasteiger partial charge in [-0.25, -0.2) is 4.79 Å². The highest BCUT2D eigenvalue weighted by atomic mass is 127. The number of halogens is 6. The Hall–Kier alpha value is 2.29. The van der Waals surface area contributed by atoms with E-state index >= 15 is 0 Å². The van der Waals surface area contributed by atoms with Crippen LogP contribution in [0.3, 0.4) is 0 Å². The minimum atomic E-state index is -0.867. The molecule has 0 radical (unpaired) electrons. The average molecular weight is 956 g/mol. The molecular weight excluding hydrogens is 950 g/mol. The highest BCUT2D eigenvalue weighted by Crippen LogP contribution is 2.24. The van der Waals surface area contributed by atoms with Gasteiger partial charge in [0.05, 0.1) is 5.56 Å². The van der Waals surface area contributed by atoms with Crippen LogP contribution in [0.5, 0.6) is 0 Å². The molecule has 0 aliphatic heterocycles. The topological polar surface area (TPSA) is 37.3 Å². The molecule has 0 atom stereocenters. The molecule has 0 spiro atoms. The van der Waals surface area contributed by atoms with Crippen LogP contribution in [0.4, 0.5) is 0 Å². The van der Waals surface area contributed by atoms with Gasteiger partial charge in [0.25, 0.3) is 0 Å². The van der Waals surface area contributed by atoms with Crippen LogP contribution >= 0.6 is 136 Å². The second kappa shape index (κ2) is 10.3. The van der Waals surface area contributed by atoms with Crippen molar-refractivity contribution in [3.05, 3.63) is 57.3 Å². The van der Waals surface area contributed by atoms with Gasteiger partial charge in [-0.15, -0.1) is 0 Å². The van der Waals surface area contributed by atoms with Gasteiger partial charge in [0.15, 0.2) is 0 Å². The van der Waals surface area contributed by atoms with Crippen molar-refractivity contribution in [3.8, 4) is 0 Å². The van der Waals surface area contributed by atoms with E-state index in [1.165, 1.54) is 10.7 Å². The van der Waals surface area contributed by atoms with Gasteiger partial charge in [-0.3, -0.25) is 0 Å². The Morgan fingerprint density at radius 1 is 0.714 bits per heavy atom. The Kier molecular flexibility index (Phi) is 10.5. The van der Waals surface area contributed by atoms with Crippen molar-refractivity contribution >= 4 is 142 Å². The molecule has 2 aromatic rings. The van der Waals surface area contributed by atoms with Gasteiger partial charge in [-0.2, -0.15) is 0 Å². The van der Waals surface area contributed by atoms with Gasteiger partial charge in [-0.05, 0) is 160 Å². The highest BCUT2D eigenvalue weighted by molar-refractivity contribution is 14.1. The summed E-state index contributed by atoms with van der Waals surface area (Å²) in [7, 11) is 0. The van der Waals surface area contributed by atoms with Gasteiger partial charge in [-0.1, -0.05) is 6.07 Å². The van der Waals surface area contributed by atoms with Crippen molar-refractivity contribution < 1.29 is 9.90 Å². The summed E-state index contributed by atoms with van der Waals surface area (Å²) >= 11 is 13.4. The molecule has 0 heterocycles. The Labute approximate surface area is 204 Å². The van der Waals surface area contributed by atoms with Crippen LogP contribution in [-0.2, 0) is 0 Å². The molecule has 21 heavy (non-hydrogen) atoms. The number of carbonyl (C=O) groups is 1. The summed E-state index contributed by atoms with van der Waals surface area (Å²) in [4.78, 5) is 10.7. The van der Waals surface area contributed by atoms with E-state index in [0.717, 1.165) is 10.7 Å². The first-order chi connectivity index (χ1) is 9.75. The molecule has 0 saturated carbocycles. The predicted octanol–water partition coefficient (Wildman–Crippen LogP) is 6.70. The molecule has 0 saturated heterocycles. The zero-order valence-corrected chi connectivity index (χ0v) is 23.0. The summed E-state index contributed by atoms with van der Waals surface area (Å²) < 4.78 is 6.93. The predicted molar refractivity (Wildman–Crippen MR) is 136 cm³/mol. The molecule has 0 unspecified atom stereocenters. The van der Waals surface area contributed by atoms with Crippen molar-refractivity contribution in [2.45, 2.75) is 0 Å². The number of benzene rings is 2. The van der Waals surface area contributed by atoms with Crippen molar-refractivity contribution in [2.75, 3.05) is 0 Å². The zero-order chi connectivity index (χ0) is 16.2. The van der Waals surface area contributed by atoms with Crippen LogP contribution in [0.1, 0.15) is 10.4 Å². The highest BCUT2D eigenvalue weighted by Gasteiger charge is 2.12. The van der Waals surface area contributed by atoms with Crippen molar-refractivity contribution in [3.63, 3.8) is 0 Å². The zero-order valence-electron chi connectivity index (χ0n) is 10.0. The standard InChI is InChI=1S/C7H3I3O2.C6H3I3/c8-4-2-1-3(7(11)12)5(9)6(4)10;7-4-2-1-3-5(8)6(4)9/h1-2H,(H,11,12);1-3H. The molecular formula is C13H6I6O2. The SMILES string of the molecule is Ic1cccc(I)c1I.O=C(O)c1ccc(I)c(I)c1I. The van der Waals surface area contributed by atoms with Gasteiger partial charge >= 0.3 is 5.97 Å². The monoisotopic (exact) mass is 955 g/mol. The first kappa shape index (κ1) is 21.3. The normalized spacial score (nSPS) is 9.81. The molecule has 8 heteroatoms. The molecule has 2 nitrogen and oxygen atoms in total. The molecule has 0 bridgehead atoms. The lowest BCUT2D eigenvalue weighted by molar-refractivity contribution is 0.0695. The maximum absolute atomic E-state index is 10.7. The molecule has 0 aliphatic rings. The number of hydrogen-bond donors (Lipinski definition) is 1. The lowest BCUT2D eigenvalue weighted by Gasteiger charge is -2.02. The van der Waals surface area contributed by atoms with E-state index in [4.69, 9.17) is 5.11 Å².